The molecular formula is C12H9ClN2S. The average molecular weight is 249 g/mol. The Balaban J connectivity index is 2.64. The smallest absolute Gasteiger partial charge is 0.0902 e. The quantitative estimate of drug-likeness (QED) is 0.759. The minimum atomic E-state index is 0.436. The molecule has 0 fully saturated rings. The molecule has 0 spiro atoms. The fourth-order valence-corrected chi connectivity index (χ4v) is 2.54. The van der Waals surface area contributed by atoms with E-state index in [1.165, 1.54) is 11.8 Å². The summed E-state index contributed by atoms with van der Waals surface area (Å²) in [6.07, 6.45) is 0. The van der Waals surface area contributed by atoms with Gasteiger partial charge in [0.15, 0.2) is 0 Å². The Kier molecular flexibility index (Phi) is 3.33. The molecule has 1 aromatic heterocycles. The second-order valence-corrected chi connectivity index (χ2v) is 4.77. The summed E-state index contributed by atoms with van der Waals surface area (Å²) in [4.78, 5) is 5.48. The fraction of sp³-hybridized carbons (Fsp3) is 0.167. The molecule has 0 aliphatic heterocycles. The van der Waals surface area contributed by atoms with Crippen molar-refractivity contribution in [3.8, 4) is 6.07 Å². The van der Waals surface area contributed by atoms with Crippen LogP contribution in [0.4, 0.5) is 0 Å². The van der Waals surface area contributed by atoms with Crippen molar-refractivity contribution in [3.63, 3.8) is 0 Å². The highest BCUT2D eigenvalue weighted by molar-refractivity contribution is 7.99. The number of rotatable bonds is 2. The molecule has 0 atom stereocenters. The molecule has 0 aliphatic carbocycles. The van der Waals surface area contributed by atoms with Crippen LogP contribution in [0.5, 0.6) is 0 Å². The van der Waals surface area contributed by atoms with Gasteiger partial charge in [0.25, 0.3) is 0 Å². The highest BCUT2D eigenvalue weighted by Crippen LogP contribution is 2.31. The van der Waals surface area contributed by atoms with E-state index < -0.39 is 0 Å². The number of pyridine rings is 1. The first-order valence-corrected chi connectivity index (χ1v) is 6.14. The van der Waals surface area contributed by atoms with Crippen LogP contribution in [0, 0.1) is 18.3 Å². The first-order chi connectivity index (χ1) is 7.72. The molecule has 0 amide bonds. The van der Waals surface area contributed by atoms with Crippen molar-refractivity contribution in [1.82, 2.24) is 4.98 Å². The van der Waals surface area contributed by atoms with Crippen molar-refractivity contribution in [2.75, 3.05) is 5.75 Å². The lowest BCUT2D eigenvalue weighted by molar-refractivity contribution is 1.22. The van der Waals surface area contributed by atoms with E-state index in [2.05, 4.69) is 11.1 Å². The van der Waals surface area contributed by atoms with Crippen molar-refractivity contribution in [2.45, 2.75) is 11.8 Å². The summed E-state index contributed by atoms with van der Waals surface area (Å²) in [6.45, 7) is 1.93. The van der Waals surface area contributed by atoms with Crippen LogP contribution >= 0.6 is 23.4 Å². The van der Waals surface area contributed by atoms with Crippen LogP contribution in [0.25, 0.3) is 10.9 Å². The number of hydrogen-bond donors (Lipinski definition) is 0. The molecule has 0 saturated heterocycles. The minimum absolute atomic E-state index is 0.436. The van der Waals surface area contributed by atoms with Crippen LogP contribution in [0.15, 0.2) is 29.2 Å². The van der Waals surface area contributed by atoms with Crippen molar-refractivity contribution in [3.05, 3.63) is 35.0 Å². The highest BCUT2D eigenvalue weighted by atomic mass is 35.5. The third-order valence-corrected chi connectivity index (χ3v) is 3.40. The van der Waals surface area contributed by atoms with Gasteiger partial charge in [-0.05, 0) is 19.1 Å². The number of para-hydroxylation sites is 1. The molecule has 0 radical (unpaired) electrons. The first-order valence-electron chi connectivity index (χ1n) is 4.78. The summed E-state index contributed by atoms with van der Waals surface area (Å²) in [5.74, 6) is 0.436. The zero-order valence-corrected chi connectivity index (χ0v) is 10.3. The Morgan fingerprint density at radius 1 is 1.50 bits per heavy atom. The summed E-state index contributed by atoms with van der Waals surface area (Å²) >= 11 is 7.61. The second-order valence-electron chi connectivity index (χ2n) is 3.34. The number of nitrogens with zero attached hydrogens (tertiary/aromatic N) is 2. The van der Waals surface area contributed by atoms with Crippen LogP contribution in [0.3, 0.4) is 0 Å². The summed E-state index contributed by atoms with van der Waals surface area (Å²) in [5.41, 5.74) is 1.73. The van der Waals surface area contributed by atoms with Gasteiger partial charge < -0.3 is 0 Å². The molecule has 0 N–H and O–H groups in total. The maximum atomic E-state index is 8.61. The molecule has 1 aromatic carbocycles. The highest BCUT2D eigenvalue weighted by Gasteiger charge is 2.06. The molecule has 1 heterocycles. The number of benzene rings is 1. The Labute approximate surface area is 103 Å². The molecule has 4 heteroatoms. The monoisotopic (exact) mass is 248 g/mol. The van der Waals surface area contributed by atoms with E-state index >= 15 is 0 Å². The van der Waals surface area contributed by atoms with Gasteiger partial charge in [0.1, 0.15) is 0 Å². The topological polar surface area (TPSA) is 36.7 Å². The number of halogens is 1. The SMILES string of the molecule is Cc1cc(SCC#N)c2cccc(Cl)c2n1. The van der Waals surface area contributed by atoms with Gasteiger partial charge in [-0.25, -0.2) is 0 Å². The first kappa shape index (κ1) is 11.3. The van der Waals surface area contributed by atoms with Crippen molar-refractivity contribution in [1.29, 1.82) is 5.26 Å². The van der Waals surface area contributed by atoms with Crippen molar-refractivity contribution >= 4 is 34.3 Å². The molecule has 16 heavy (non-hydrogen) atoms. The predicted octanol–water partition coefficient (Wildman–Crippen LogP) is 3.81. The Morgan fingerprint density at radius 2 is 2.31 bits per heavy atom. The summed E-state index contributed by atoms with van der Waals surface area (Å²) in [7, 11) is 0. The zero-order valence-electron chi connectivity index (χ0n) is 8.70. The molecule has 0 unspecified atom stereocenters. The van der Waals surface area contributed by atoms with Crippen molar-refractivity contribution in [2.24, 2.45) is 0 Å². The zero-order chi connectivity index (χ0) is 11.5. The lowest BCUT2D eigenvalue weighted by Gasteiger charge is -2.06. The van der Waals surface area contributed by atoms with E-state index in [9.17, 15) is 0 Å². The van der Waals surface area contributed by atoms with Gasteiger partial charge in [-0.3, -0.25) is 4.98 Å². The van der Waals surface area contributed by atoms with Gasteiger partial charge in [0.2, 0.25) is 0 Å². The van der Waals surface area contributed by atoms with Crippen LogP contribution in [-0.2, 0) is 0 Å². The Morgan fingerprint density at radius 3 is 3.06 bits per heavy atom. The Hall–Kier alpha value is -1.24. The fourth-order valence-electron chi connectivity index (χ4n) is 1.53. The van der Waals surface area contributed by atoms with Gasteiger partial charge >= 0.3 is 0 Å². The second kappa shape index (κ2) is 4.73. The standard InChI is InChI=1S/C12H9ClN2S/c1-8-7-11(16-6-5-14)9-3-2-4-10(13)12(9)15-8/h2-4,7H,6H2,1H3. The number of thioether (sulfide) groups is 1. The molecule has 2 rings (SSSR count). The van der Waals surface area contributed by atoms with Gasteiger partial charge in [-0.1, -0.05) is 23.7 Å². The molecule has 2 nitrogen and oxygen atoms in total. The maximum absolute atomic E-state index is 8.61. The summed E-state index contributed by atoms with van der Waals surface area (Å²) in [5, 5.41) is 10.3. The lowest BCUT2D eigenvalue weighted by Crippen LogP contribution is -1.88. The number of aryl methyl sites for hydroxylation is 1. The summed E-state index contributed by atoms with van der Waals surface area (Å²) in [6, 6.07) is 9.82. The largest absolute Gasteiger partial charge is 0.251 e. The van der Waals surface area contributed by atoms with E-state index in [1.54, 1.807) is 0 Å². The third kappa shape index (κ3) is 2.13. The average Bonchev–Trinajstić information content (AvgIpc) is 2.27. The van der Waals surface area contributed by atoms with E-state index in [0.717, 1.165) is 21.5 Å². The number of nitriles is 1. The van der Waals surface area contributed by atoms with E-state index in [0.29, 0.717) is 10.8 Å². The lowest BCUT2D eigenvalue weighted by atomic mass is 10.2. The summed E-state index contributed by atoms with van der Waals surface area (Å²) < 4.78 is 0. The van der Waals surface area contributed by atoms with Crippen molar-refractivity contribution < 1.29 is 0 Å². The van der Waals surface area contributed by atoms with E-state index in [-0.39, 0.29) is 0 Å². The van der Waals surface area contributed by atoms with Gasteiger partial charge in [0.05, 0.1) is 22.4 Å². The molecule has 80 valence electrons. The maximum Gasteiger partial charge on any atom is 0.0902 e. The minimum Gasteiger partial charge on any atom is -0.251 e. The van der Waals surface area contributed by atoms with Crippen LogP contribution in [0.1, 0.15) is 5.69 Å². The van der Waals surface area contributed by atoms with Crippen LogP contribution in [0.2, 0.25) is 5.02 Å². The van der Waals surface area contributed by atoms with E-state index in [4.69, 9.17) is 16.9 Å². The number of aromatic nitrogens is 1. The number of fused-ring (bicyclic) bond motifs is 1. The Bertz CT molecular complexity index is 575. The molecule has 0 aliphatic rings. The van der Waals surface area contributed by atoms with Crippen LogP contribution in [-0.4, -0.2) is 10.7 Å². The normalized spacial score (nSPS) is 10.3. The molecule has 2 aromatic rings. The van der Waals surface area contributed by atoms with E-state index in [1.807, 2.05) is 31.2 Å². The van der Waals surface area contributed by atoms with Gasteiger partial charge in [0, 0.05) is 16.0 Å². The van der Waals surface area contributed by atoms with Crippen LogP contribution < -0.4 is 0 Å². The molecule has 0 saturated carbocycles. The van der Waals surface area contributed by atoms with Gasteiger partial charge in [-0.2, -0.15) is 5.26 Å². The molecule has 0 bridgehead atoms. The molecular weight excluding hydrogens is 240 g/mol. The third-order valence-electron chi connectivity index (χ3n) is 2.17. The predicted molar refractivity (Wildman–Crippen MR) is 67.8 cm³/mol. The van der Waals surface area contributed by atoms with Gasteiger partial charge in [-0.15, -0.1) is 11.8 Å². The number of hydrogen-bond acceptors (Lipinski definition) is 3.